The molecule has 2 aliphatic rings. The van der Waals surface area contributed by atoms with Crippen molar-refractivity contribution in [1.82, 2.24) is 0 Å². The first-order valence-corrected chi connectivity index (χ1v) is 11.1. The molecule has 1 heterocycles. The van der Waals surface area contributed by atoms with E-state index in [9.17, 15) is 13.0 Å². The highest BCUT2D eigenvalue weighted by molar-refractivity contribution is 7.81. The summed E-state index contributed by atoms with van der Waals surface area (Å²) in [4.78, 5) is 0. The van der Waals surface area contributed by atoms with Gasteiger partial charge >= 0.3 is 0 Å². The minimum absolute atomic E-state index is 0.0149. The van der Waals surface area contributed by atoms with Crippen molar-refractivity contribution in [1.29, 1.82) is 0 Å². The SMILES string of the molecule is CCCCCc1cc2c(c(OS(=O)(=O)[O-])c1)[C@@H]1C=C(C)CC[C@H]1C(C)(C)O2. The minimum atomic E-state index is -4.86. The van der Waals surface area contributed by atoms with Gasteiger partial charge in [0.15, 0.2) is 0 Å². The Balaban J connectivity index is 2.12. The Hall–Kier alpha value is -1.53. The van der Waals surface area contributed by atoms with E-state index in [4.69, 9.17) is 8.92 Å². The molecule has 6 heteroatoms. The van der Waals surface area contributed by atoms with Gasteiger partial charge < -0.3 is 13.5 Å². The number of hydrogen-bond donors (Lipinski definition) is 0. The van der Waals surface area contributed by atoms with Crippen LogP contribution in [0.2, 0.25) is 0 Å². The molecule has 0 unspecified atom stereocenters. The van der Waals surface area contributed by atoms with E-state index < -0.39 is 10.4 Å². The molecule has 0 N–H and O–H groups in total. The summed E-state index contributed by atoms with van der Waals surface area (Å²) in [6.07, 6.45) is 8.11. The highest BCUT2D eigenvalue weighted by Gasteiger charge is 2.45. The second-order valence-electron chi connectivity index (χ2n) is 8.34. The Kier molecular flexibility index (Phi) is 5.59. The Morgan fingerprint density at radius 2 is 2.04 bits per heavy atom. The van der Waals surface area contributed by atoms with Crippen molar-refractivity contribution in [3.05, 3.63) is 34.9 Å². The van der Waals surface area contributed by atoms with E-state index in [2.05, 4.69) is 33.8 Å². The number of benzene rings is 1. The number of fused-ring (bicyclic) bond motifs is 3. The summed E-state index contributed by atoms with van der Waals surface area (Å²) >= 11 is 0. The lowest BCUT2D eigenvalue weighted by Gasteiger charge is -2.46. The summed E-state index contributed by atoms with van der Waals surface area (Å²) in [6.45, 7) is 8.38. The Morgan fingerprint density at radius 3 is 2.70 bits per heavy atom. The third-order valence-electron chi connectivity index (χ3n) is 5.77. The van der Waals surface area contributed by atoms with Gasteiger partial charge in [-0.25, -0.2) is 8.42 Å². The molecule has 5 nitrogen and oxygen atoms in total. The summed E-state index contributed by atoms with van der Waals surface area (Å²) in [7, 11) is -4.86. The van der Waals surface area contributed by atoms with Crippen LogP contribution in [0.1, 0.15) is 76.8 Å². The molecule has 3 rings (SSSR count). The smallest absolute Gasteiger partial charge is 0.262 e. The van der Waals surface area contributed by atoms with Gasteiger partial charge in [-0.15, -0.1) is 0 Å². The van der Waals surface area contributed by atoms with Crippen LogP contribution in [0.4, 0.5) is 0 Å². The molecule has 0 saturated carbocycles. The highest BCUT2D eigenvalue weighted by Crippen LogP contribution is 2.53. The zero-order chi connectivity index (χ0) is 19.8. The van der Waals surface area contributed by atoms with Gasteiger partial charge in [0.05, 0.1) is 0 Å². The third-order valence-corrected chi connectivity index (χ3v) is 6.15. The summed E-state index contributed by atoms with van der Waals surface area (Å²) in [5.74, 6) is 0.959. The molecular weight excluding hydrogens is 364 g/mol. The number of aryl methyl sites for hydroxylation is 1. The van der Waals surface area contributed by atoms with Gasteiger partial charge in [-0.2, -0.15) is 0 Å². The van der Waals surface area contributed by atoms with Crippen LogP contribution in [0.15, 0.2) is 23.8 Å². The molecule has 0 aromatic heterocycles. The van der Waals surface area contributed by atoms with E-state index in [1.165, 1.54) is 5.57 Å². The van der Waals surface area contributed by atoms with E-state index >= 15 is 0 Å². The van der Waals surface area contributed by atoms with E-state index in [1.54, 1.807) is 6.07 Å². The molecule has 27 heavy (non-hydrogen) atoms. The predicted octanol–water partition coefficient (Wildman–Crippen LogP) is 4.87. The van der Waals surface area contributed by atoms with Gasteiger partial charge in [-0.1, -0.05) is 31.4 Å². The van der Waals surface area contributed by atoms with Gasteiger partial charge in [0.1, 0.15) is 17.1 Å². The molecule has 0 saturated heterocycles. The molecule has 0 fully saturated rings. The van der Waals surface area contributed by atoms with Crippen LogP contribution in [-0.4, -0.2) is 18.6 Å². The topological polar surface area (TPSA) is 75.7 Å². The van der Waals surface area contributed by atoms with E-state index in [0.29, 0.717) is 11.3 Å². The lowest BCUT2D eigenvalue weighted by atomic mass is 9.68. The van der Waals surface area contributed by atoms with Gasteiger partial charge in [-0.3, -0.25) is 0 Å². The zero-order valence-electron chi connectivity index (χ0n) is 16.6. The van der Waals surface area contributed by atoms with Crippen LogP contribution in [0.5, 0.6) is 11.5 Å². The predicted molar refractivity (Wildman–Crippen MR) is 104 cm³/mol. The molecule has 1 aliphatic heterocycles. The van der Waals surface area contributed by atoms with Crippen LogP contribution in [0, 0.1) is 5.92 Å². The minimum Gasteiger partial charge on any atom is -0.716 e. The molecule has 0 radical (unpaired) electrons. The van der Waals surface area contributed by atoms with Crippen LogP contribution < -0.4 is 8.92 Å². The summed E-state index contributed by atoms with van der Waals surface area (Å²) in [6, 6.07) is 3.70. The van der Waals surface area contributed by atoms with Crippen molar-refractivity contribution >= 4 is 10.4 Å². The van der Waals surface area contributed by atoms with Crippen molar-refractivity contribution in [2.45, 2.75) is 77.7 Å². The Bertz CT molecular complexity index is 838. The number of rotatable bonds is 6. The van der Waals surface area contributed by atoms with E-state index in [1.807, 2.05) is 6.07 Å². The van der Waals surface area contributed by atoms with Crippen molar-refractivity contribution in [3.63, 3.8) is 0 Å². The molecule has 2 atom stereocenters. The van der Waals surface area contributed by atoms with Crippen molar-refractivity contribution in [3.8, 4) is 11.5 Å². The van der Waals surface area contributed by atoms with Crippen LogP contribution >= 0.6 is 0 Å². The third kappa shape index (κ3) is 4.49. The van der Waals surface area contributed by atoms with Crippen LogP contribution in [-0.2, 0) is 16.8 Å². The highest BCUT2D eigenvalue weighted by atomic mass is 32.3. The van der Waals surface area contributed by atoms with Crippen LogP contribution in [0.25, 0.3) is 0 Å². The maximum absolute atomic E-state index is 11.4. The normalized spacial score (nSPS) is 23.7. The fraction of sp³-hybridized carbons (Fsp3) is 0.619. The molecular formula is C21H29O5S-. The second-order valence-corrected chi connectivity index (χ2v) is 9.33. The summed E-state index contributed by atoms with van der Waals surface area (Å²) < 4.78 is 45.4. The monoisotopic (exact) mass is 393 g/mol. The van der Waals surface area contributed by atoms with Gasteiger partial charge in [0, 0.05) is 17.4 Å². The van der Waals surface area contributed by atoms with Gasteiger partial charge in [0.25, 0.3) is 10.4 Å². The van der Waals surface area contributed by atoms with Gasteiger partial charge in [0.2, 0.25) is 0 Å². The fourth-order valence-electron chi connectivity index (χ4n) is 4.46. The number of hydrogen-bond acceptors (Lipinski definition) is 5. The first-order valence-electron chi connectivity index (χ1n) is 9.79. The molecule has 1 aromatic carbocycles. The lowest BCUT2D eigenvalue weighted by Crippen LogP contribution is -2.45. The maximum atomic E-state index is 11.4. The number of unbranched alkanes of at least 4 members (excludes halogenated alkanes) is 2. The first-order chi connectivity index (χ1) is 12.6. The van der Waals surface area contributed by atoms with Crippen molar-refractivity contribution < 1.29 is 21.9 Å². The Labute approximate surface area is 162 Å². The van der Waals surface area contributed by atoms with E-state index in [0.717, 1.165) is 44.1 Å². The maximum Gasteiger partial charge on any atom is 0.262 e. The molecule has 0 spiro atoms. The molecule has 150 valence electrons. The second kappa shape index (κ2) is 7.47. The quantitative estimate of drug-likeness (QED) is 0.298. The average molecular weight is 394 g/mol. The molecule has 0 bridgehead atoms. The molecule has 1 aliphatic carbocycles. The first kappa shape index (κ1) is 20.2. The standard InChI is InChI=1S/C21H30O5S/c1-5-6-7-8-15-12-18-20(19(13-15)26-27(22,23)24)16-11-14(2)9-10-17(16)21(3,4)25-18/h11-13,16-17H,5-10H2,1-4H3,(H,22,23,24)/p-1/t16-,17-/m1/s1. The van der Waals surface area contributed by atoms with Crippen molar-refractivity contribution in [2.24, 2.45) is 5.92 Å². The lowest BCUT2D eigenvalue weighted by molar-refractivity contribution is 0.0110. The summed E-state index contributed by atoms with van der Waals surface area (Å²) in [5.41, 5.74) is 2.52. The number of ether oxygens (including phenoxy) is 1. The van der Waals surface area contributed by atoms with E-state index in [-0.39, 0.29) is 23.2 Å². The molecule has 1 aromatic rings. The average Bonchev–Trinajstić information content (AvgIpc) is 2.52. The zero-order valence-corrected chi connectivity index (χ0v) is 17.4. The summed E-state index contributed by atoms with van der Waals surface area (Å²) in [5, 5.41) is 0. The Morgan fingerprint density at radius 1 is 1.30 bits per heavy atom. The van der Waals surface area contributed by atoms with Crippen LogP contribution in [0.3, 0.4) is 0 Å². The molecule has 0 amide bonds. The van der Waals surface area contributed by atoms with Gasteiger partial charge in [-0.05, 0) is 64.2 Å². The van der Waals surface area contributed by atoms with Crippen molar-refractivity contribution in [2.75, 3.05) is 0 Å². The largest absolute Gasteiger partial charge is 0.716 e. The number of allylic oxidation sites excluding steroid dienone is 2. The fourth-order valence-corrected chi connectivity index (χ4v) is 4.82.